The molecule has 0 aromatic heterocycles. The molecule has 9 nitrogen and oxygen atoms in total. The maximum absolute atomic E-state index is 12.3. The molecule has 2 N–H and O–H groups in total. The summed E-state index contributed by atoms with van der Waals surface area (Å²) in [6.07, 6.45) is 0.697. The van der Waals surface area contributed by atoms with E-state index in [1.807, 2.05) is 37.3 Å². The van der Waals surface area contributed by atoms with Crippen molar-refractivity contribution >= 4 is 34.6 Å². The van der Waals surface area contributed by atoms with E-state index in [1.54, 1.807) is 0 Å². The molecule has 0 saturated heterocycles. The predicted molar refractivity (Wildman–Crippen MR) is 102 cm³/mol. The molecule has 27 heavy (non-hydrogen) atoms. The van der Waals surface area contributed by atoms with Crippen LogP contribution >= 0.6 is 12.2 Å². The third-order valence-electron chi connectivity index (χ3n) is 3.73. The van der Waals surface area contributed by atoms with Gasteiger partial charge in [0.25, 0.3) is 17.3 Å². The number of nitro benzene ring substituents is 2. The van der Waals surface area contributed by atoms with Gasteiger partial charge in [-0.3, -0.25) is 30.3 Å². The molecule has 0 fully saturated rings. The van der Waals surface area contributed by atoms with Crippen LogP contribution in [0.15, 0.2) is 48.5 Å². The number of non-ortho nitro benzene ring substituents is 2. The van der Waals surface area contributed by atoms with Crippen LogP contribution in [0.1, 0.15) is 35.3 Å². The lowest BCUT2D eigenvalue weighted by molar-refractivity contribution is -0.394. The van der Waals surface area contributed by atoms with Crippen molar-refractivity contribution in [1.82, 2.24) is 10.6 Å². The van der Waals surface area contributed by atoms with Gasteiger partial charge in [0.05, 0.1) is 27.5 Å². The van der Waals surface area contributed by atoms with Gasteiger partial charge in [-0.25, -0.2) is 0 Å². The lowest BCUT2D eigenvalue weighted by Gasteiger charge is -2.19. The first kappa shape index (κ1) is 19.9. The lowest BCUT2D eigenvalue weighted by atomic mass is 10.1. The molecule has 0 heterocycles. The second kappa shape index (κ2) is 8.81. The summed E-state index contributed by atoms with van der Waals surface area (Å²) >= 11 is 5.13. The average Bonchev–Trinajstić information content (AvgIpc) is 2.66. The Hall–Kier alpha value is -3.40. The van der Waals surface area contributed by atoms with E-state index in [9.17, 15) is 25.0 Å². The molecule has 10 heteroatoms. The van der Waals surface area contributed by atoms with Crippen molar-refractivity contribution in [3.63, 3.8) is 0 Å². The highest BCUT2D eigenvalue weighted by atomic mass is 32.1. The van der Waals surface area contributed by atoms with Crippen molar-refractivity contribution in [2.24, 2.45) is 0 Å². The van der Waals surface area contributed by atoms with Gasteiger partial charge in [0.1, 0.15) is 0 Å². The maximum atomic E-state index is 12.3. The van der Waals surface area contributed by atoms with Gasteiger partial charge in [-0.05, 0) is 24.2 Å². The summed E-state index contributed by atoms with van der Waals surface area (Å²) < 4.78 is 0. The fraction of sp³-hybridized carbons (Fsp3) is 0.176. The molecule has 0 aliphatic rings. The van der Waals surface area contributed by atoms with E-state index in [4.69, 9.17) is 12.2 Å². The van der Waals surface area contributed by atoms with Crippen LogP contribution in [0, 0.1) is 20.2 Å². The van der Waals surface area contributed by atoms with Gasteiger partial charge in [-0.15, -0.1) is 0 Å². The van der Waals surface area contributed by atoms with Crippen LogP contribution in [0.25, 0.3) is 0 Å². The van der Waals surface area contributed by atoms with Crippen molar-refractivity contribution in [1.29, 1.82) is 0 Å². The van der Waals surface area contributed by atoms with Gasteiger partial charge in [-0.1, -0.05) is 37.3 Å². The topological polar surface area (TPSA) is 127 Å². The highest BCUT2D eigenvalue weighted by Gasteiger charge is 2.21. The molecule has 1 amide bonds. The Labute approximate surface area is 159 Å². The van der Waals surface area contributed by atoms with Gasteiger partial charge < -0.3 is 5.32 Å². The molecule has 2 aromatic carbocycles. The van der Waals surface area contributed by atoms with Crippen molar-refractivity contribution in [2.45, 2.75) is 19.4 Å². The minimum Gasteiger partial charge on any atom is -0.356 e. The minimum atomic E-state index is -0.803. The van der Waals surface area contributed by atoms with Crippen LogP contribution in [0.5, 0.6) is 0 Å². The Balaban J connectivity index is 2.15. The lowest BCUT2D eigenvalue weighted by Crippen LogP contribution is -2.41. The molecule has 140 valence electrons. The molecule has 0 aliphatic carbocycles. The Bertz CT molecular complexity index is 856. The molecule has 0 spiro atoms. The second-order valence-corrected chi connectivity index (χ2v) is 5.96. The third kappa shape index (κ3) is 5.28. The first-order valence-corrected chi connectivity index (χ1v) is 8.33. The molecular formula is C17H16N4O5S. The quantitative estimate of drug-likeness (QED) is 0.441. The number of nitrogens with one attached hydrogen (secondary N) is 2. The van der Waals surface area contributed by atoms with Gasteiger partial charge in [0.15, 0.2) is 5.11 Å². The van der Waals surface area contributed by atoms with E-state index >= 15 is 0 Å². The van der Waals surface area contributed by atoms with Crippen molar-refractivity contribution in [3.8, 4) is 0 Å². The highest BCUT2D eigenvalue weighted by Crippen LogP contribution is 2.22. The first-order valence-electron chi connectivity index (χ1n) is 7.92. The Morgan fingerprint density at radius 1 is 1.07 bits per heavy atom. The average molecular weight is 388 g/mol. The molecule has 0 aliphatic heterocycles. The number of amides is 1. The number of thiocarbonyl (C=S) groups is 1. The van der Waals surface area contributed by atoms with E-state index < -0.39 is 27.1 Å². The summed E-state index contributed by atoms with van der Waals surface area (Å²) in [6.45, 7) is 1.94. The van der Waals surface area contributed by atoms with Crippen LogP contribution < -0.4 is 10.6 Å². The number of benzene rings is 2. The van der Waals surface area contributed by atoms with Crippen LogP contribution in [0.4, 0.5) is 11.4 Å². The predicted octanol–water partition coefficient (Wildman–Crippen LogP) is 3.26. The number of carbonyl (C=O) groups excluding carboxylic acids is 1. The van der Waals surface area contributed by atoms with Crippen molar-refractivity contribution < 1.29 is 14.6 Å². The number of hydrogen-bond donors (Lipinski definition) is 2. The summed E-state index contributed by atoms with van der Waals surface area (Å²) in [7, 11) is 0. The molecule has 2 rings (SSSR count). The standard InChI is InChI=1S/C17H16N4O5S/c1-2-15(11-6-4-3-5-7-11)18-17(27)19-16(22)12-8-13(20(23)24)10-14(9-12)21(25)26/h3-10,15H,2H2,1H3,(H2,18,19,22,27). The summed E-state index contributed by atoms with van der Waals surface area (Å²) in [5.41, 5.74) is -0.358. The Morgan fingerprint density at radius 3 is 2.11 bits per heavy atom. The van der Waals surface area contributed by atoms with Crippen LogP contribution in [0.2, 0.25) is 0 Å². The van der Waals surface area contributed by atoms with Crippen LogP contribution in [0.3, 0.4) is 0 Å². The fourth-order valence-corrected chi connectivity index (χ4v) is 2.65. The molecule has 0 radical (unpaired) electrons. The summed E-state index contributed by atoms with van der Waals surface area (Å²) in [6, 6.07) is 12.0. The Kier molecular flexibility index (Phi) is 6.50. The zero-order chi connectivity index (χ0) is 20.0. The number of carbonyl (C=O) groups is 1. The second-order valence-electron chi connectivity index (χ2n) is 5.55. The van der Waals surface area contributed by atoms with Crippen molar-refractivity contribution in [2.75, 3.05) is 0 Å². The summed E-state index contributed by atoms with van der Waals surface area (Å²) in [4.78, 5) is 32.6. The van der Waals surface area contributed by atoms with Crippen LogP contribution in [-0.2, 0) is 0 Å². The van der Waals surface area contributed by atoms with Gasteiger partial charge in [0.2, 0.25) is 0 Å². The third-order valence-corrected chi connectivity index (χ3v) is 3.95. The SMILES string of the molecule is CCC(NC(=S)NC(=O)c1cc([N+](=O)[O-])cc([N+](=O)[O-])c1)c1ccccc1. The largest absolute Gasteiger partial charge is 0.356 e. The van der Waals surface area contributed by atoms with E-state index in [-0.39, 0.29) is 16.7 Å². The van der Waals surface area contributed by atoms with Gasteiger partial charge >= 0.3 is 0 Å². The van der Waals surface area contributed by atoms with Gasteiger partial charge in [-0.2, -0.15) is 0 Å². The normalized spacial score (nSPS) is 11.3. The molecule has 2 aromatic rings. The van der Waals surface area contributed by atoms with Crippen LogP contribution in [-0.4, -0.2) is 20.9 Å². The Morgan fingerprint density at radius 2 is 1.63 bits per heavy atom. The zero-order valence-corrected chi connectivity index (χ0v) is 15.1. The number of rotatable bonds is 6. The molecule has 0 saturated carbocycles. The van der Waals surface area contributed by atoms with E-state index in [2.05, 4.69) is 10.6 Å². The first-order chi connectivity index (χ1) is 12.8. The highest BCUT2D eigenvalue weighted by molar-refractivity contribution is 7.80. The van der Waals surface area contributed by atoms with Gasteiger partial charge in [0, 0.05) is 12.1 Å². The molecular weight excluding hydrogens is 372 g/mol. The minimum absolute atomic E-state index is 0.0184. The van der Waals surface area contributed by atoms with E-state index in [0.29, 0.717) is 6.42 Å². The zero-order valence-electron chi connectivity index (χ0n) is 14.2. The number of nitrogens with zero attached hydrogens (tertiary/aromatic N) is 2. The molecule has 0 bridgehead atoms. The maximum Gasteiger partial charge on any atom is 0.277 e. The van der Waals surface area contributed by atoms with E-state index in [1.165, 1.54) is 0 Å². The monoisotopic (exact) mass is 388 g/mol. The number of hydrogen-bond acceptors (Lipinski definition) is 6. The summed E-state index contributed by atoms with van der Waals surface area (Å²) in [5, 5.41) is 27.3. The number of nitro groups is 2. The van der Waals surface area contributed by atoms with E-state index in [0.717, 1.165) is 23.8 Å². The summed E-state index contributed by atoms with van der Waals surface area (Å²) in [5.74, 6) is -0.776. The fourth-order valence-electron chi connectivity index (χ4n) is 2.41. The molecule has 1 atom stereocenters. The van der Waals surface area contributed by atoms with Crippen molar-refractivity contribution in [3.05, 3.63) is 79.9 Å². The smallest absolute Gasteiger partial charge is 0.277 e. The molecule has 1 unspecified atom stereocenters.